The third-order valence-corrected chi connectivity index (χ3v) is 8.05. The molecule has 0 aliphatic heterocycles. The Kier molecular flexibility index (Phi) is 4.29. The summed E-state index contributed by atoms with van der Waals surface area (Å²) in [7, 11) is 1.76. The Hall–Kier alpha value is -1.84. The second-order valence-corrected chi connectivity index (χ2v) is 9.48. The number of ether oxygens (including phenoxy) is 1. The fourth-order valence-electron chi connectivity index (χ4n) is 6.99. The van der Waals surface area contributed by atoms with E-state index in [-0.39, 0.29) is 17.6 Å². The van der Waals surface area contributed by atoms with Crippen molar-refractivity contribution in [3.05, 3.63) is 65.2 Å². The second kappa shape index (κ2) is 6.60. The predicted octanol–water partition coefficient (Wildman–Crippen LogP) is 4.63. The summed E-state index contributed by atoms with van der Waals surface area (Å²) in [5.74, 6) is 1.98. The molecule has 3 aliphatic carbocycles. The summed E-state index contributed by atoms with van der Waals surface area (Å²) in [5.41, 5.74) is 4.18. The van der Waals surface area contributed by atoms with Gasteiger partial charge in [0.05, 0.1) is 12.2 Å². The maximum Gasteiger partial charge on any atom is 0.115 e. The van der Waals surface area contributed by atoms with Crippen LogP contribution in [0.25, 0.3) is 0 Å². The van der Waals surface area contributed by atoms with Crippen LogP contribution in [0.4, 0.5) is 0 Å². The van der Waals surface area contributed by atoms with Gasteiger partial charge in [0.2, 0.25) is 0 Å². The van der Waals surface area contributed by atoms with Crippen molar-refractivity contribution in [3.8, 4) is 5.75 Å². The molecule has 0 unspecified atom stereocenters. The first-order valence-corrected chi connectivity index (χ1v) is 10.6. The van der Waals surface area contributed by atoms with Crippen molar-refractivity contribution in [2.24, 2.45) is 17.3 Å². The van der Waals surface area contributed by atoms with Crippen molar-refractivity contribution < 1.29 is 14.9 Å². The Morgan fingerprint density at radius 2 is 1.86 bits per heavy atom. The lowest BCUT2D eigenvalue weighted by atomic mass is 9.51. The van der Waals surface area contributed by atoms with Gasteiger partial charge in [0, 0.05) is 7.11 Å². The van der Waals surface area contributed by atoms with Crippen LogP contribution >= 0.6 is 0 Å². The molecule has 0 radical (unpaired) electrons. The van der Waals surface area contributed by atoms with Crippen LogP contribution in [0.2, 0.25) is 0 Å². The molecule has 3 aliphatic rings. The maximum atomic E-state index is 10.8. The Balaban J connectivity index is 1.67. The molecule has 2 aromatic carbocycles. The van der Waals surface area contributed by atoms with E-state index >= 15 is 0 Å². The van der Waals surface area contributed by atoms with Gasteiger partial charge in [-0.3, -0.25) is 0 Å². The zero-order valence-corrected chi connectivity index (χ0v) is 16.7. The van der Waals surface area contributed by atoms with Gasteiger partial charge in [-0.1, -0.05) is 43.3 Å². The van der Waals surface area contributed by atoms with Crippen LogP contribution in [-0.2, 0) is 11.2 Å². The van der Waals surface area contributed by atoms with Crippen molar-refractivity contribution in [2.45, 2.75) is 56.7 Å². The average Bonchev–Trinajstić information content (AvgIpc) is 2.96. The Bertz CT molecular complexity index is 863. The molecule has 3 heteroatoms. The summed E-state index contributed by atoms with van der Waals surface area (Å²) < 4.78 is 5.91. The number of fused-ring (bicyclic) bond motifs is 5. The number of hydrogen-bond donors (Lipinski definition) is 2. The predicted molar refractivity (Wildman–Crippen MR) is 109 cm³/mol. The van der Waals surface area contributed by atoms with E-state index in [0.717, 1.165) is 25.7 Å². The zero-order valence-electron chi connectivity index (χ0n) is 16.7. The molecule has 148 valence electrons. The molecule has 3 nitrogen and oxygen atoms in total. The first kappa shape index (κ1) is 18.2. The quantitative estimate of drug-likeness (QED) is 0.801. The van der Waals surface area contributed by atoms with Gasteiger partial charge in [-0.05, 0) is 83.6 Å². The van der Waals surface area contributed by atoms with Crippen molar-refractivity contribution in [1.29, 1.82) is 0 Å². The molecule has 2 fully saturated rings. The van der Waals surface area contributed by atoms with E-state index in [9.17, 15) is 10.2 Å². The number of phenolic OH excluding ortho intramolecular Hbond substituents is 1. The van der Waals surface area contributed by atoms with Crippen LogP contribution < -0.4 is 0 Å². The standard InChI is InChI=1S/C25H30O3/c1-25-11-10-19-18-9-8-17(26)12-16(18)13-20(15-6-4-3-5-7-15)22(19)23(25)24(28-2)21(27)14-25/h3-9,12,19-24,26-27H,10-11,13-14H2,1-2H3/t19-,20+,21-,22+,23-,24+,25-/m1/s1. The van der Waals surface area contributed by atoms with Gasteiger partial charge in [0.15, 0.2) is 0 Å². The smallest absolute Gasteiger partial charge is 0.115 e. The van der Waals surface area contributed by atoms with E-state index < -0.39 is 0 Å². The number of aromatic hydroxyl groups is 1. The third-order valence-electron chi connectivity index (χ3n) is 8.05. The van der Waals surface area contributed by atoms with Gasteiger partial charge in [0.25, 0.3) is 0 Å². The lowest BCUT2D eigenvalue weighted by molar-refractivity contribution is -0.0606. The van der Waals surface area contributed by atoms with Crippen LogP contribution in [-0.4, -0.2) is 29.5 Å². The second-order valence-electron chi connectivity index (χ2n) is 9.48. The SMILES string of the molecule is CO[C@@H]1[C@H]2[C@H]3[C@H](CC[C@]2(C)C[C@H]1O)c1ccc(O)cc1C[C@H]3c1ccccc1. The molecule has 0 heterocycles. The molecular formula is C25H30O3. The van der Waals surface area contributed by atoms with Crippen LogP contribution in [0.5, 0.6) is 5.75 Å². The Labute approximate surface area is 167 Å². The van der Waals surface area contributed by atoms with Crippen molar-refractivity contribution >= 4 is 0 Å². The summed E-state index contributed by atoms with van der Waals surface area (Å²) in [6.07, 6.45) is 3.57. The van der Waals surface area contributed by atoms with Crippen LogP contribution in [0, 0.1) is 17.3 Å². The summed E-state index contributed by atoms with van der Waals surface area (Å²) in [6.45, 7) is 2.37. The van der Waals surface area contributed by atoms with Crippen LogP contribution in [0.3, 0.4) is 0 Å². The minimum Gasteiger partial charge on any atom is -0.508 e. The van der Waals surface area contributed by atoms with E-state index in [2.05, 4.69) is 43.3 Å². The highest BCUT2D eigenvalue weighted by Gasteiger charge is 2.60. The number of aliphatic hydroxyl groups is 1. The molecular weight excluding hydrogens is 348 g/mol. The average molecular weight is 379 g/mol. The van der Waals surface area contributed by atoms with Crippen molar-refractivity contribution in [3.63, 3.8) is 0 Å². The van der Waals surface area contributed by atoms with Gasteiger partial charge in [-0.25, -0.2) is 0 Å². The topological polar surface area (TPSA) is 49.7 Å². The molecule has 0 amide bonds. The summed E-state index contributed by atoms with van der Waals surface area (Å²) in [5, 5.41) is 20.9. The molecule has 7 atom stereocenters. The largest absolute Gasteiger partial charge is 0.508 e. The van der Waals surface area contributed by atoms with Gasteiger partial charge in [0.1, 0.15) is 5.75 Å². The molecule has 2 N–H and O–H groups in total. The number of methoxy groups -OCH3 is 1. The first-order chi connectivity index (χ1) is 13.5. The number of hydrogen-bond acceptors (Lipinski definition) is 3. The van der Waals surface area contributed by atoms with Gasteiger partial charge in [-0.15, -0.1) is 0 Å². The van der Waals surface area contributed by atoms with E-state index in [1.54, 1.807) is 7.11 Å². The molecule has 0 saturated heterocycles. The molecule has 28 heavy (non-hydrogen) atoms. The van der Waals surface area contributed by atoms with Crippen molar-refractivity contribution in [2.75, 3.05) is 7.11 Å². The molecule has 2 saturated carbocycles. The van der Waals surface area contributed by atoms with Gasteiger partial charge < -0.3 is 14.9 Å². The van der Waals surface area contributed by atoms with E-state index in [1.165, 1.54) is 16.7 Å². The van der Waals surface area contributed by atoms with Gasteiger partial charge >= 0.3 is 0 Å². The molecule has 5 rings (SSSR count). The maximum absolute atomic E-state index is 10.8. The minimum atomic E-state index is -0.378. The summed E-state index contributed by atoms with van der Waals surface area (Å²) in [6, 6.07) is 16.8. The lowest BCUT2D eigenvalue weighted by Crippen LogP contribution is -2.47. The third kappa shape index (κ3) is 2.63. The monoisotopic (exact) mass is 378 g/mol. The fraction of sp³-hybridized carbons (Fsp3) is 0.520. The highest BCUT2D eigenvalue weighted by atomic mass is 16.5. The molecule has 2 aromatic rings. The van der Waals surface area contributed by atoms with E-state index in [4.69, 9.17) is 4.74 Å². The summed E-state index contributed by atoms with van der Waals surface area (Å²) in [4.78, 5) is 0. The number of aliphatic hydroxyl groups excluding tert-OH is 1. The van der Waals surface area contributed by atoms with Crippen LogP contribution in [0.15, 0.2) is 48.5 Å². The molecule has 0 bridgehead atoms. The molecule has 0 aromatic heterocycles. The van der Waals surface area contributed by atoms with E-state index in [0.29, 0.717) is 29.4 Å². The zero-order chi connectivity index (χ0) is 19.5. The minimum absolute atomic E-state index is 0.0947. The normalized spacial score (nSPS) is 39.1. The summed E-state index contributed by atoms with van der Waals surface area (Å²) >= 11 is 0. The Morgan fingerprint density at radius 3 is 2.61 bits per heavy atom. The molecule has 0 spiro atoms. The van der Waals surface area contributed by atoms with Crippen LogP contribution in [0.1, 0.15) is 54.7 Å². The first-order valence-electron chi connectivity index (χ1n) is 10.6. The van der Waals surface area contributed by atoms with Gasteiger partial charge in [-0.2, -0.15) is 0 Å². The number of rotatable bonds is 2. The van der Waals surface area contributed by atoms with Crippen molar-refractivity contribution in [1.82, 2.24) is 0 Å². The number of phenols is 1. The highest BCUT2D eigenvalue weighted by Crippen LogP contribution is 2.64. The fourth-order valence-corrected chi connectivity index (χ4v) is 6.99. The highest BCUT2D eigenvalue weighted by molar-refractivity contribution is 5.43. The number of benzene rings is 2. The lowest BCUT2D eigenvalue weighted by Gasteiger charge is -2.53. The Morgan fingerprint density at radius 1 is 1.07 bits per heavy atom. The van der Waals surface area contributed by atoms with E-state index in [1.807, 2.05) is 12.1 Å².